The standard InChI is InChI=1S/C14H28N2/c15-16(11-13-7-3-1-4-8-13)12-14-9-5-2-6-10-14/h13-14H,1-12,15H2. The van der Waals surface area contributed by atoms with E-state index in [1.165, 1.54) is 64.2 Å². The first-order valence-corrected chi connectivity index (χ1v) is 7.34. The van der Waals surface area contributed by atoms with E-state index < -0.39 is 0 Å². The van der Waals surface area contributed by atoms with Crippen LogP contribution in [0, 0.1) is 11.8 Å². The third-order valence-corrected chi connectivity index (χ3v) is 4.43. The van der Waals surface area contributed by atoms with Crippen molar-refractivity contribution in [1.82, 2.24) is 5.01 Å². The Morgan fingerprint density at radius 3 is 1.44 bits per heavy atom. The predicted molar refractivity (Wildman–Crippen MR) is 68.9 cm³/mol. The summed E-state index contributed by atoms with van der Waals surface area (Å²) in [6, 6.07) is 0. The first-order valence-electron chi connectivity index (χ1n) is 7.34. The van der Waals surface area contributed by atoms with Crippen molar-refractivity contribution >= 4 is 0 Å². The molecule has 94 valence electrons. The zero-order valence-electron chi connectivity index (χ0n) is 10.7. The molecule has 2 heteroatoms. The molecule has 0 amide bonds. The Bertz CT molecular complexity index is 161. The van der Waals surface area contributed by atoms with Gasteiger partial charge in [-0.2, -0.15) is 0 Å². The monoisotopic (exact) mass is 224 g/mol. The maximum atomic E-state index is 6.17. The van der Waals surface area contributed by atoms with Crippen LogP contribution in [0.15, 0.2) is 0 Å². The maximum absolute atomic E-state index is 6.17. The van der Waals surface area contributed by atoms with Crippen LogP contribution in [0.25, 0.3) is 0 Å². The molecule has 2 fully saturated rings. The Kier molecular flexibility index (Phi) is 5.11. The number of hydrazine groups is 1. The Hall–Kier alpha value is -0.0800. The SMILES string of the molecule is NN(CC1CCCCC1)CC1CCCCC1. The molecule has 0 aliphatic heterocycles. The van der Waals surface area contributed by atoms with Gasteiger partial charge in [0, 0.05) is 13.1 Å². The molecule has 2 aliphatic carbocycles. The van der Waals surface area contributed by atoms with Crippen molar-refractivity contribution in [2.75, 3.05) is 13.1 Å². The number of rotatable bonds is 4. The average Bonchev–Trinajstić information content (AvgIpc) is 2.31. The van der Waals surface area contributed by atoms with Gasteiger partial charge in [0.1, 0.15) is 0 Å². The molecule has 0 aromatic carbocycles. The van der Waals surface area contributed by atoms with Crippen LogP contribution < -0.4 is 5.84 Å². The zero-order chi connectivity index (χ0) is 11.2. The fourth-order valence-electron chi connectivity index (χ4n) is 3.48. The molecule has 0 atom stereocenters. The van der Waals surface area contributed by atoms with Crippen LogP contribution in [0.4, 0.5) is 0 Å². The van der Waals surface area contributed by atoms with Gasteiger partial charge >= 0.3 is 0 Å². The summed E-state index contributed by atoms with van der Waals surface area (Å²) in [5, 5.41) is 2.13. The van der Waals surface area contributed by atoms with Gasteiger partial charge in [0.2, 0.25) is 0 Å². The van der Waals surface area contributed by atoms with E-state index in [4.69, 9.17) is 5.84 Å². The van der Waals surface area contributed by atoms with Crippen molar-refractivity contribution in [3.05, 3.63) is 0 Å². The molecule has 2 aliphatic rings. The number of hydrogen-bond acceptors (Lipinski definition) is 2. The molecular weight excluding hydrogens is 196 g/mol. The molecule has 2 nitrogen and oxygen atoms in total. The van der Waals surface area contributed by atoms with Crippen LogP contribution in [-0.4, -0.2) is 18.1 Å². The topological polar surface area (TPSA) is 29.3 Å². The number of hydrogen-bond donors (Lipinski definition) is 1. The van der Waals surface area contributed by atoms with Crippen LogP contribution in [0.1, 0.15) is 64.2 Å². The van der Waals surface area contributed by atoms with Crippen LogP contribution >= 0.6 is 0 Å². The summed E-state index contributed by atoms with van der Waals surface area (Å²) in [6.45, 7) is 2.30. The second kappa shape index (κ2) is 6.61. The van der Waals surface area contributed by atoms with Crippen molar-refractivity contribution in [2.24, 2.45) is 17.7 Å². The normalized spacial score (nSPS) is 25.1. The molecule has 2 N–H and O–H groups in total. The molecule has 2 rings (SSSR count). The minimum Gasteiger partial charge on any atom is -0.269 e. The van der Waals surface area contributed by atoms with Crippen molar-refractivity contribution in [1.29, 1.82) is 0 Å². The predicted octanol–water partition coefficient (Wildman–Crippen LogP) is 3.32. The quantitative estimate of drug-likeness (QED) is 0.586. The van der Waals surface area contributed by atoms with Gasteiger partial charge in [0.15, 0.2) is 0 Å². The molecule has 0 heterocycles. The van der Waals surface area contributed by atoms with E-state index in [-0.39, 0.29) is 0 Å². The Balaban J connectivity index is 1.64. The summed E-state index contributed by atoms with van der Waals surface area (Å²) in [7, 11) is 0. The Labute approximate surface area is 101 Å². The van der Waals surface area contributed by atoms with Gasteiger partial charge in [-0.25, -0.2) is 5.01 Å². The van der Waals surface area contributed by atoms with Gasteiger partial charge in [-0.3, -0.25) is 5.84 Å². The average molecular weight is 224 g/mol. The summed E-state index contributed by atoms with van der Waals surface area (Å²) < 4.78 is 0. The first-order chi connectivity index (χ1) is 7.84. The summed E-state index contributed by atoms with van der Waals surface area (Å²) in [6.07, 6.45) is 14.3. The van der Waals surface area contributed by atoms with E-state index >= 15 is 0 Å². The smallest absolute Gasteiger partial charge is 0.0157 e. The van der Waals surface area contributed by atoms with E-state index in [1.54, 1.807) is 0 Å². The number of nitrogens with zero attached hydrogens (tertiary/aromatic N) is 1. The van der Waals surface area contributed by atoms with Gasteiger partial charge in [0.25, 0.3) is 0 Å². The van der Waals surface area contributed by atoms with Crippen molar-refractivity contribution in [3.8, 4) is 0 Å². The van der Waals surface area contributed by atoms with Crippen LogP contribution in [0.3, 0.4) is 0 Å². The molecule has 0 radical (unpaired) electrons. The van der Waals surface area contributed by atoms with E-state index in [2.05, 4.69) is 5.01 Å². The molecule has 0 aromatic heterocycles. The third kappa shape index (κ3) is 4.06. The molecule has 0 saturated heterocycles. The largest absolute Gasteiger partial charge is 0.269 e. The molecule has 0 unspecified atom stereocenters. The van der Waals surface area contributed by atoms with E-state index in [9.17, 15) is 0 Å². The van der Waals surface area contributed by atoms with Gasteiger partial charge in [-0.05, 0) is 37.5 Å². The lowest BCUT2D eigenvalue weighted by Crippen LogP contribution is -2.40. The summed E-state index contributed by atoms with van der Waals surface area (Å²) in [5.41, 5.74) is 0. The first kappa shape index (κ1) is 12.4. The molecule has 0 spiro atoms. The van der Waals surface area contributed by atoms with Crippen molar-refractivity contribution in [2.45, 2.75) is 64.2 Å². The molecular formula is C14H28N2. The Morgan fingerprint density at radius 1 is 0.688 bits per heavy atom. The fourth-order valence-corrected chi connectivity index (χ4v) is 3.48. The number of nitrogens with two attached hydrogens (primary N) is 1. The molecule has 16 heavy (non-hydrogen) atoms. The van der Waals surface area contributed by atoms with Gasteiger partial charge in [0.05, 0.1) is 0 Å². The van der Waals surface area contributed by atoms with Gasteiger partial charge in [-0.15, -0.1) is 0 Å². The van der Waals surface area contributed by atoms with Crippen LogP contribution in [-0.2, 0) is 0 Å². The van der Waals surface area contributed by atoms with Crippen molar-refractivity contribution in [3.63, 3.8) is 0 Å². The highest BCUT2D eigenvalue weighted by atomic mass is 15.4. The summed E-state index contributed by atoms with van der Waals surface area (Å²) in [5.74, 6) is 7.95. The van der Waals surface area contributed by atoms with E-state index in [1.807, 2.05) is 0 Å². The minimum absolute atomic E-state index is 0.891. The lowest BCUT2D eigenvalue weighted by atomic mass is 9.87. The minimum atomic E-state index is 0.891. The second-order valence-corrected chi connectivity index (χ2v) is 5.96. The molecule has 2 saturated carbocycles. The van der Waals surface area contributed by atoms with Gasteiger partial charge in [-0.1, -0.05) is 38.5 Å². The Morgan fingerprint density at radius 2 is 1.06 bits per heavy atom. The summed E-state index contributed by atoms with van der Waals surface area (Å²) in [4.78, 5) is 0. The zero-order valence-corrected chi connectivity index (χ0v) is 10.7. The van der Waals surface area contributed by atoms with Gasteiger partial charge < -0.3 is 0 Å². The molecule has 0 aromatic rings. The van der Waals surface area contributed by atoms with E-state index in [0.29, 0.717) is 0 Å². The maximum Gasteiger partial charge on any atom is 0.0157 e. The fraction of sp³-hybridized carbons (Fsp3) is 1.00. The van der Waals surface area contributed by atoms with Crippen LogP contribution in [0.2, 0.25) is 0 Å². The third-order valence-electron chi connectivity index (χ3n) is 4.43. The summed E-state index contributed by atoms with van der Waals surface area (Å²) >= 11 is 0. The highest BCUT2D eigenvalue weighted by molar-refractivity contribution is 4.72. The van der Waals surface area contributed by atoms with E-state index in [0.717, 1.165) is 24.9 Å². The lowest BCUT2D eigenvalue weighted by molar-refractivity contribution is 0.162. The lowest BCUT2D eigenvalue weighted by Gasteiger charge is -2.30. The van der Waals surface area contributed by atoms with Crippen molar-refractivity contribution < 1.29 is 0 Å². The molecule has 0 bridgehead atoms. The second-order valence-electron chi connectivity index (χ2n) is 5.96. The van der Waals surface area contributed by atoms with Crippen LogP contribution in [0.5, 0.6) is 0 Å². The highest BCUT2D eigenvalue weighted by Crippen LogP contribution is 2.26. The highest BCUT2D eigenvalue weighted by Gasteiger charge is 2.19.